The van der Waals surface area contributed by atoms with Crippen LogP contribution < -0.4 is 21.5 Å². The molecule has 3 nitrogen and oxygen atoms in total. The van der Waals surface area contributed by atoms with Crippen LogP contribution in [0.25, 0.3) is 6.08 Å². The summed E-state index contributed by atoms with van der Waals surface area (Å²) in [5.74, 6) is 0.135. The monoisotopic (exact) mass is 380 g/mol. The average molecular weight is 381 g/mol. The van der Waals surface area contributed by atoms with Crippen LogP contribution in [0.1, 0.15) is 21.6 Å². The van der Waals surface area contributed by atoms with Gasteiger partial charge < -0.3 is 21.5 Å². The van der Waals surface area contributed by atoms with Gasteiger partial charge in [-0.3, -0.25) is 4.79 Å². The van der Waals surface area contributed by atoms with Crippen molar-refractivity contribution in [3.63, 3.8) is 0 Å². The van der Waals surface area contributed by atoms with Crippen LogP contribution in [0.4, 0.5) is 0 Å². The van der Waals surface area contributed by atoms with Crippen LogP contribution in [0, 0.1) is 0 Å². The number of benzene rings is 1. The summed E-state index contributed by atoms with van der Waals surface area (Å²) >= 11 is 0. The van der Waals surface area contributed by atoms with Gasteiger partial charge in [-0.1, -0.05) is 30.3 Å². The standard InChI is InChI=1S/C20H17N2O.BrH/c23-20-18(15-22-10-4-7-19(20)22)13-16-8-11-21(12-9-16)14-17-5-2-1-3-6-17;/h1-13H,14-15H2;1H/q+1;/p-1/b18-13+;. The smallest absolute Gasteiger partial charge is 0.207 e. The van der Waals surface area contributed by atoms with E-state index >= 15 is 0 Å². The lowest BCUT2D eigenvalue weighted by atomic mass is 10.1. The van der Waals surface area contributed by atoms with Gasteiger partial charge in [0.05, 0.1) is 12.2 Å². The number of rotatable bonds is 3. The van der Waals surface area contributed by atoms with E-state index in [0.29, 0.717) is 6.54 Å². The Balaban J connectivity index is 0.00000169. The molecular weight excluding hydrogens is 364 g/mol. The Morgan fingerprint density at radius 3 is 2.46 bits per heavy atom. The third-order valence-electron chi connectivity index (χ3n) is 4.16. The number of ketones is 1. The topological polar surface area (TPSA) is 25.9 Å². The number of hydrogen-bond acceptors (Lipinski definition) is 1. The zero-order valence-electron chi connectivity index (χ0n) is 13.1. The van der Waals surface area contributed by atoms with Crippen LogP contribution in [-0.4, -0.2) is 10.4 Å². The second kappa shape index (κ2) is 6.97. The molecule has 120 valence electrons. The molecule has 0 bridgehead atoms. The second-order valence-corrected chi connectivity index (χ2v) is 5.81. The average Bonchev–Trinajstić information content (AvgIpc) is 3.14. The van der Waals surface area contributed by atoms with Crippen LogP contribution >= 0.6 is 0 Å². The molecule has 1 aliphatic heterocycles. The van der Waals surface area contributed by atoms with E-state index < -0.39 is 0 Å². The quantitative estimate of drug-likeness (QED) is 0.467. The SMILES string of the molecule is O=C1/C(=C/c2cc[n+](Cc3ccccc3)cc2)Cn2cccc21.[Br-]. The first-order chi connectivity index (χ1) is 11.3. The van der Waals surface area contributed by atoms with Crippen LogP contribution in [0.5, 0.6) is 0 Å². The van der Waals surface area contributed by atoms with Crippen molar-refractivity contribution in [3.8, 4) is 0 Å². The summed E-state index contributed by atoms with van der Waals surface area (Å²) in [4.78, 5) is 12.3. The Kier molecular flexibility index (Phi) is 4.76. The Morgan fingerprint density at radius 1 is 1.00 bits per heavy atom. The number of carbonyl (C=O) groups is 1. The molecule has 0 aliphatic carbocycles. The minimum Gasteiger partial charge on any atom is -1.00 e. The van der Waals surface area contributed by atoms with Crippen LogP contribution in [0.2, 0.25) is 0 Å². The van der Waals surface area contributed by atoms with Gasteiger partial charge in [0.1, 0.15) is 0 Å². The molecular formula is C20H17BrN2O. The molecule has 0 fully saturated rings. The first-order valence-electron chi connectivity index (χ1n) is 7.73. The number of hydrogen-bond donors (Lipinski definition) is 0. The van der Waals surface area contributed by atoms with E-state index in [4.69, 9.17) is 0 Å². The van der Waals surface area contributed by atoms with Gasteiger partial charge in [-0.25, -0.2) is 4.57 Å². The van der Waals surface area contributed by atoms with Crippen molar-refractivity contribution in [2.75, 3.05) is 0 Å². The number of fused-ring (bicyclic) bond motifs is 1. The summed E-state index contributed by atoms with van der Waals surface area (Å²) in [7, 11) is 0. The Hall–Kier alpha value is -2.46. The van der Waals surface area contributed by atoms with Gasteiger partial charge in [-0.15, -0.1) is 0 Å². The van der Waals surface area contributed by atoms with Crippen molar-refractivity contribution in [2.45, 2.75) is 13.1 Å². The highest BCUT2D eigenvalue weighted by molar-refractivity contribution is 6.12. The van der Waals surface area contributed by atoms with Gasteiger partial charge in [0.25, 0.3) is 0 Å². The zero-order valence-corrected chi connectivity index (χ0v) is 14.7. The van der Waals surface area contributed by atoms with E-state index in [9.17, 15) is 4.79 Å². The fourth-order valence-corrected chi connectivity index (χ4v) is 2.96. The number of halogens is 1. The molecule has 0 amide bonds. The molecule has 0 N–H and O–H groups in total. The Morgan fingerprint density at radius 2 is 1.75 bits per heavy atom. The minimum atomic E-state index is 0. The largest absolute Gasteiger partial charge is 1.00 e. The maximum atomic E-state index is 12.3. The van der Waals surface area contributed by atoms with Gasteiger partial charge in [0.15, 0.2) is 18.9 Å². The van der Waals surface area contributed by atoms with E-state index in [0.717, 1.165) is 23.4 Å². The van der Waals surface area contributed by atoms with Crippen molar-refractivity contribution >= 4 is 11.9 Å². The zero-order chi connectivity index (χ0) is 15.6. The maximum Gasteiger partial charge on any atom is 0.207 e. The molecule has 24 heavy (non-hydrogen) atoms. The van der Waals surface area contributed by atoms with E-state index in [-0.39, 0.29) is 22.8 Å². The third-order valence-corrected chi connectivity index (χ3v) is 4.16. The minimum absolute atomic E-state index is 0. The highest BCUT2D eigenvalue weighted by atomic mass is 79.9. The molecule has 0 saturated carbocycles. The Labute approximate surface area is 151 Å². The second-order valence-electron chi connectivity index (χ2n) is 5.81. The molecule has 4 heteroatoms. The molecule has 1 aliphatic rings. The summed E-state index contributed by atoms with van der Waals surface area (Å²) in [6.07, 6.45) is 8.05. The van der Waals surface area contributed by atoms with Gasteiger partial charge in [-0.2, -0.15) is 0 Å². The number of pyridine rings is 1. The third kappa shape index (κ3) is 3.24. The molecule has 0 radical (unpaired) electrons. The molecule has 2 aromatic heterocycles. The predicted molar refractivity (Wildman–Crippen MR) is 88.9 cm³/mol. The van der Waals surface area contributed by atoms with Crippen molar-refractivity contribution in [1.29, 1.82) is 0 Å². The van der Waals surface area contributed by atoms with E-state index in [1.165, 1.54) is 5.56 Å². The molecule has 1 aromatic carbocycles. The number of nitrogens with zero attached hydrogens (tertiary/aromatic N) is 2. The Bertz CT molecular complexity index is 880. The van der Waals surface area contributed by atoms with E-state index in [1.807, 2.05) is 35.0 Å². The van der Waals surface area contributed by atoms with Crippen molar-refractivity contribution in [2.24, 2.45) is 0 Å². The summed E-state index contributed by atoms with van der Waals surface area (Å²) in [6.45, 7) is 1.52. The highest BCUT2D eigenvalue weighted by Crippen LogP contribution is 2.22. The van der Waals surface area contributed by atoms with Gasteiger partial charge in [-0.05, 0) is 23.8 Å². The molecule has 0 unspecified atom stereocenters. The van der Waals surface area contributed by atoms with Crippen LogP contribution in [0.15, 0.2) is 78.8 Å². The van der Waals surface area contributed by atoms with Gasteiger partial charge in [0.2, 0.25) is 5.78 Å². The van der Waals surface area contributed by atoms with Crippen molar-refractivity contribution in [3.05, 3.63) is 95.6 Å². The molecule has 0 atom stereocenters. The number of allylic oxidation sites excluding steroid dienone is 1. The van der Waals surface area contributed by atoms with Crippen molar-refractivity contribution < 1.29 is 26.3 Å². The van der Waals surface area contributed by atoms with Crippen molar-refractivity contribution in [1.82, 2.24) is 4.57 Å². The first-order valence-corrected chi connectivity index (χ1v) is 7.73. The number of aromatic nitrogens is 2. The lowest BCUT2D eigenvalue weighted by molar-refractivity contribution is -0.688. The summed E-state index contributed by atoms with van der Waals surface area (Å²) in [6, 6.07) is 18.3. The molecule has 0 saturated heterocycles. The molecule has 0 spiro atoms. The predicted octanol–water partition coefficient (Wildman–Crippen LogP) is 0.108. The fraction of sp³-hybridized carbons (Fsp3) is 0.100. The van der Waals surface area contributed by atoms with Crippen LogP contribution in [0.3, 0.4) is 0 Å². The molecule has 3 heterocycles. The first kappa shape index (κ1) is 16.4. The van der Waals surface area contributed by atoms with E-state index in [1.54, 1.807) is 0 Å². The molecule has 3 aromatic rings. The van der Waals surface area contributed by atoms with Crippen LogP contribution in [-0.2, 0) is 13.1 Å². The van der Waals surface area contributed by atoms with Gasteiger partial charge >= 0.3 is 0 Å². The lowest BCUT2D eigenvalue weighted by Gasteiger charge is -1.99. The van der Waals surface area contributed by atoms with E-state index in [2.05, 4.69) is 53.4 Å². The fourth-order valence-electron chi connectivity index (χ4n) is 2.96. The maximum absolute atomic E-state index is 12.3. The highest BCUT2D eigenvalue weighted by Gasteiger charge is 2.23. The molecule has 4 rings (SSSR count). The summed E-state index contributed by atoms with van der Waals surface area (Å²) in [5.41, 5.74) is 3.96. The number of Topliss-reactive ketones (excluding diaryl/α,β-unsaturated/α-hetero) is 1. The number of carbonyl (C=O) groups excluding carboxylic acids is 1. The normalized spacial score (nSPS) is 14.5. The summed E-state index contributed by atoms with van der Waals surface area (Å²) in [5, 5.41) is 0. The summed E-state index contributed by atoms with van der Waals surface area (Å²) < 4.78 is 4.13. The van der Waals surface area contributed by atoms with Gasteiger partial charge in [0, 0.05) is 29.5 Å². The lowest BCUT2D eigenvalue weighted by Crippen LogP contribution is -3.00.